The van der Waals surface area contributed by atoms with Crippen LogP contribution in [0, 0.1) is 0 Å². The highest BCUT2D eigenvalue weighted by Gasteiger charge is 2.19. The van der Waals surface area contributed by atoms with E-state index in [2.05, 4.69) is 5.32 Å². The van der Waals surface area contributed by atoms with Crippen molar-refractivity contribution >= 4 is 5.91 Å². The summed E-state index contributed by atoms with van der Waals surface area (Å²) in [5.41, 5.74) is 7.08. The molecule has 0 spiro atoms. The van der Waals surface area contributed by atoms with Crippen LogP contribution >= 0.6 is 0 Å². The Bertz CT molecular complexity index is 514. The lowest BCUT2D eigenvalue weighted by atomic mass is 9.85. The number of phenolic OH excluding ortho intramolecular Hbond substituents is 1. The summed E-state index contributed by atoms with van der Waals surface area (Å²) in [6.07, 6.45) is 2.41. The number of aromatic hydroxyl groups is 1. The van der Waals surface area contributed by atoms with Crippen LogP contribution in [-0.4, -0.2) is 11.0 Å². The SMILES string of the molecule is CC=C(N)NC(=O)CCc1cccc(C(C)(C)C)c1O. The molecular formula is C16H24N2O2. The average molecular weight is 276 g/mol. The molecule has 0 saturated heterocycles. The molecule has 4 heteroatoms. The Labute approximate surface area is 120 Å². The molecule has 1 amide bonds. The van der Waals surface area contributed by atoms with Crippen LogP contribution in [0.25, 0.3) is 0 Å². The molecule has 0 saturated carbocycles. The number of nitrogens with one attached hydrogen (secondary N) is 1. The number of nitrogens with two attached hydrogens (primary N) is 1. The molecule has 0 fully saturated rings. The molecule has 0 radical (unpaired) electrons. The molecule has 0 aliphatic rings. The van der Waals surface area contributed by atoms with Crippen molar-refractivity contribution in [1.82, 2.24) is 5.32 Å². The number of allylic oxidation sites excluding steroid dienone is 1. The second-order valence-corrected chi connectivity index (χ2v) is 5.86. The first-order valence-corrected chi connectivity index (χ1v) is 6.78. The predicted molar refractivity (Wildman–Crippen MR) is 81.2 cm³/mol. The molecule has 0 aromatic heterocycles. The lowest BCUT2D eigenvalue weighted by Gasteiger charge is -2.21. The van der Waals surface area contributed by atoms with Crippen LogP contribution in [0.4, 0.5) is 0 Å². The summed E-state index contributed by atoms with van der Waals surface area (Å²) >= 11 is 0. The fraction of sp³-hybridized carbons (Fsp3) is 0.438. The zero-order valence-corrected chi connectivity index (χ0v) is 12.7. The maximum absolute atomic E-state index is 11.7. The van der Waals surface area contributed by atoms with E-state index in [1.807, 2.05) is 39.0 Å². The summed E-state index contributed by atoms with van der Waals surface area (Å²) in [5.74, 6) is 0.482. The Morgan fingerprint density at radius 2 is 2.05 bits per heavy atom. The van der Waals surface area contributed by atoms with E-state index in [0.717, 1.165) is 11.1 Å². The van der Waals surface area contributed by atoms with Gasteiger partial charge in [-0.3, -0.25) is 4.79 Å². The minimum Gasteiger partial charge on any atom is -0.507 e. The monoisotopic (exact) mass is 276 g/mol. The highest BCUT2D eigenvalue weighted by atomic mass is 16.3. The first-order valence-electron chi connectivity index (χ1n) is 6.78. The summed E-state index contributed by atoms with van der Waals surface area (Å²) in [7, 11) is 0. The minimum absolute atomic E-state index is 0.127. The first kappa shape index (κ1) is 16.1. The van der Waals surface area contributed by atoms with Gasteiger partial charge in [0.05, 0.1) is 5.82 Å². The van der Waals surface area contributed by atoms with E-state index in [9.17, 15) is 9.90 Å². The van der Waals surface area contributed by atoms with Gasteiger partial charge in [0.1, 0.15) is 5.75 Å². The number of rotatable bonds is 4. The Morgan fingerprint density at radius 1 is 1.40 bits per heavy atom. The van der Waals surface area contributed by atoms with Gasteiger partial charge in [0.15, 0.2) is 0 Å². The van der Waals surface area contributed by atoms with Gasteiger partial charge in [-0.15, -0.1) is 0 Å². The Hall–Kier alpha value is -1.97. The first-order chi connectivity index (χ1) is 9.25. The molecule has 0 aliphatic heterocycles. The molecule has 1 rings (SSSR count). The average Bonchev–Trinajstić information content (AvgIpc) is 2.36. The molecule has 0 unspecified atom stereocenters. The number of amides is 1. The van der Waals surface area contributed by atoms with Gasteiger partial charge in [0.2, 0.25) is 5.91 Å². The van der Waals surface area contributed by atoms with Crippen molar-refractivity contribution in [3.8, 4) is 5.75 Å². The lowest BCUT2D eigenvalue weighted by Crippen LogP contribution is -2.27. The summed E-state index contributed by atoms with van der Waals surface area (Å²) in [6.45, 7) is 7.90. The maximum Gasteiger partial charge on any atom is 0.225 e. The fourth-order valence-electron chi connectivity index (χ4n) is 1.94. The van der Waals surface area contributed by atoms with Crippen molar-refractivity contribution in [2.45, 2.75) is 46.0 Å². The van der Waals surface area contributed by atoms with Crippen molar-refractivity contribution < 1.29 is 9.90 Å². The van der Waals surface area contributed by atoms with Crippen molar-refractivity contribution in [3.63, 3.8) is 0 Å². The van der Waals surface area contributed by atoms with Gasteiger partial charge in [-0.1, -0.05) is 39.0 Å². The topological polar surface area (TPSA) is 75.3 Å². The summed E-state index contributed by atoms with van der Waals surface area (Å²) in [4.78, 5) is 11.7. The van der Waals surface area contributed by atoms with E-state index in [1.165, 1.54) is 0 Å². The second kappa shape index (κ2) is 6.46. The number of aryl methyl sites for hydroxylation is 1. The van der Waals surface area contributed by atoms with Gasteiger partial charge in [-0.2, -0.15) is 0 Å². The molecule has 0 heterocycles. The number of para-hydroxylation sites is 1. The van der Waals surface area contributed by atoms with Crippen LogP contribution < -0.4 is 11.1 Å². The zero-order chi connectivity index (χ0) is 15.3. The zero-order valence-electron chi connectivity index (χ0n) is 12.7. The van der Waals surface area contributed by atoms with Crippen LogP contribution in [0.5, 0.6) is 5.75 Å². The van der Waals surface area contributed by atoms with Gasteiger partial charge in [-0.25, -0.2) is 0 Å². The van der Waals surface area contributed by atoms with Crippen molar-refractivity contribution in [2.24, 2.45) is 5.73 Å². The van der Waals surface area contributed by atoms with Gasteiger partial charge < -0.3 is 16.2 Å². The van der Waals surface area contributed by atoms with Gasteiger partial charge in [0, 0.05) is 6.42 Å². The van der Waals surface area contributed by atoms with Crippen LogP contribution in [0.1, 0.15) is 45.2 Å². The second-order valence-electron chi connectivity index (χ2n) is 5.86. The van der Waals surface area contributed by atoms with Gasteiger partial charge in [-0.05, 0) is 36.0 Å². The molecule has 4 N–H and O–H groups in total. The molecule has 110 valence electrons. The van der Waals surface area contributed by atoms with E-state index >= 15 is 0 Å². The number of carbonyl (C=O) groups is 1. The molecule has 0 aliphatic carbocycles. The molecule has 1 aromatic carbocycles. The summed E-state index contributed by atoms with van der Waals surface area (Å²) in [6, 6.07) is 5.67. The number of carbonyl (C=O) groups excluding carboxylic acids is 1. The number of phenols is 1. The molecular weight excluding hydrogens is 252 g/mol. The third kappa shape index (κ3) is 4.30. The minimum atomic E-state index is -0.152. The molecule has 20 heavy (non-hydrogen) atoms. The van der Waals surface area contributed by atoms with Gasteiger partial charge >= 0.3 is 0 Å². The molecule has 0 bridgehead atoms. The van der Waals surface area contributed by atoms with Gasteiger partial charge in [0.25, 0.3) is 0 Å². The van der Waals surface area contributed by atoms with Crippen molar-refractivity contribution in [2.75, 3.05) is 0 Å². The van der Waals surface area contributed by atoms with Crippen LogP contribution in [0.3, 0.4) is 0 Å². The van der Waals surface area contributed by atoms with E-state index in [1.54, 1.807) is 13.0 Å². The van der Waals surface area contributed by atoms with Crippen LogP contribution in [0.2, 0.25) is 0 Å². The smallest absolute Gasteiger partial charge is 0.225 e. The quantitative estimate of drug-likeness (QED) is 0.791. The van der Waals surface area contributed by atoms with Crippen LogP contribution in [0.15, 0.2) is 30.1 Å². The van der Waals surface area contributed by atoms with E-state index < -0.39 is 0 Å². The predicted octanol–water partition coefficient (Wildman–Crippen LogP) is 2.56. The molecule has 0 atom stereocenters. The summed E-state index contributed by atoms with van der Waals surface area (Å²) < 4.78 is 0. The number of hydrogen-bond acceptors (Lipinski definition) is 3. The third-order valence-electron chi connectivity index (χ3n) is 3.14. The number of hydrogen-bond donors (Lipinski definition) is 3. The van der Waals surface area contributed by atoms with Crippen molar-refractivity contribution in [3.05, 3.63) is 41.2 Å². The lowest BCUT2D eigenvalue weighted by molar-refractivity contribution is -0.120. The Kier molecular flexibility index (Phi) is 5.19. The Balaban J connectivity index is 2.77. The standard InChI is InChI=1S/C16H24N2O2/c1-5-13(17)18-14(19)10-9-11-7-6-8-12(15(11)20)16(2,3)4/h5-8,20H,9-10,17H2,1-4H3,(H,18,19). The highest BCUT2D eigenvalue weighted by molar-refractivity contribution is 5.78. The highest BCUT2D eigenvalue weighted by Crippen LogP contribution is 2.33. The normalized spacial score (nSPS) is 12.3. The molecule has 4 nitrogen and oxygen atoms in total. The fourth-order valence-corrected chi connectivity index (χ4v) is 1.94. The van der Waals surface area contributed by atoms with E-state index in [0.29, 0.717) is 12.2 Å². The largest absolute Gasteiger partial charge is 0.507 e. The molecule has 1 aromatic rings. The number of benzene rings is 1. The Morgan fingerprint density at radius 3 is 2.60 bits per heavy atom. The van der Waals surface area contributed by atoms with E-state index in [4.69, 9.17) is 5.73 Å². The summed E-state index contributed by atoms with van der Waals surface area (Å²) in [5, 5.41) is 12.9. The van der Waals surface area contributed by atoms with Crippen LogP contribution in [-0.2, 0) is 16.6 Å². The van der Waals surface area contributed by atoms with Crippen molar-refractivity contribution in [1.29, 1.82) is 0 Å². The third-order valence-corrected chi connectivity index (χ3v) is 3.14. The maximum atomic E-state index is 11.7. The van der Waals surface area contributed by atoms with E-state index in [-0.39, 0.29) is 23.5 Å².